The Balaban J connectivity index is 1.84. The third-order valence-corrected chi connectivity index (χ3v) is 6.04. The number of carbonyl (C=O) groups is 2. The van der Waals surface area contributed by atoms with E-state index in [-0.39, 0.29) is 5.91 Å². The zero-order valence-electron chi connectivity index (χ0n) is 16.4. The molecule has 0 saturated carbocycles. The molecule has 0 radical (unpaired) electrons. The number of nitrogens with zero attached hydrogens (tertiary/aromatic N) is 3. The lowest BCUT2D eigenvalue weighted by Crippen LogP contribution is -2.39. The van der Waals surface area contributed by atoms with Gasteiger partial charge in [-0.05, 0) is 55.2 Å². The SMILES string of the molecule is CC1CCCN(C2=C(c3ccc(Cl)cc3Cl)C(=O)N(c3ccc(C#N)cc3)C2=O)C1. The first kappa shape index (κ1) is 20.5. The summed E-state index contributed by atoms with van der Waals surface area (Å²) in [5, 5.41) is 9.82. The second-order valence-corrected chi connectivity index (χ2v) is 8.49. The summed E-state index contributed by atoms with van der Waals surface area (Å²) in [6.45, 7) is 3.54. The van der Waals surface area contributed by atoms with E-state index in [1.165, 1.54) is 0 Å². The molecular weight excluding hydrogens is 421 g/mol. The van der Waals surface area contributed by atoms with Crippen LogP contribution in [0, 0.1) is 17.2 Å². The molecule has 4 rings (SSSR count). The molecule has 0 spiro atoms. The van der Waals surface area contributed by atoms with Gasteiger partial charge in [0, 0.05) is 23.7 Å². The van der Waals surface area contributed by atoms with Gasteiger partial charge in [0.2, 0.25) is 0 Å². The van der Waals surface area contributed by atoms with E-state index in [1.807, 2.05) is 11.0 Å². The van der Waals surface area contributed by atoms with E-state index in [2.05, 4.69) is 6.92 Å². The van der Waals surface area contributed by atoms with Crippen LogP contribution in [-0.2, 0) is 9.59 Å². The molecule has 2 aromatic carbocycles. The minimum atomic E-state index is -0.429. The Morgan fingerprint density at radius 2 is 1.80 bits per heavy atom. The van der Waals surface area contributed by atoms with Crippen LogP contribution in [0.25, 0.3) is 5.57 Å². The number of hydrogen-bond acceptors (Lipinski definition) is 4. The molecule has 2 aliphatic heterocycles. The molecule has 30 heavy (non-hydrogen) atoms. The molecule has 5 nitrogen and oxygen atoms in total. The van der Waals surface area contributed by atoms with Gasteiger partial charge in [-0.25, -0.2) is 4.90 Å². The minimum Gasteiger partial charge on any atom is -0.366 e. The van der Waals surface area contributed by atoms with Gasteiger partial charge in [0.25, 0.3) is 11.8 Å². The topological polar surface area (TPSA) is 64.4 Å². The second-order valence-electron chi connectivity index (χ2n) is 7.65. The predicted molar refractivity (Wildman–Crippen MR) is 117 cm³/mol. The number of carbonyl (C=O) groups excluding carboxylic acids is 2. The van der Waals surface area contributed by atoms with E-state index in [1.54, 1.807) is 42.5 Å². The van der Waals surface area contributed by atoms with Gasteiger partial charge >= 0.3 is 0 Å². The summed E-state index contributed by atoms with van der Waals surface area (Å²) in [5.74, 6) is -0.387. The van der Waals surface area contributed by atoms with Crippen molar-refractivity contribution in [1.29, 1.82) is 5.26 Å². The zero-order chi connectivity index (χ0) is 21.4. The number of halogens is 2. The number of imide groups is 1. The van der Waals surface area contributed by atoms with Crippen LogP contribution >= 0.6 is 23.2 Å². The molecule has 0 N–H and O–H groups in total. The van der Waals surface area contributed by atoms with Crippen molar-refractivity contribution >= 4 is 46.3 Å². The third kappa shape index (κ3) is 3.58. The fourth-order valence-electron chi connectivity index (χ4n) is 4.06. The number of piperidine rings is 1. The molecule has 7 heteroatoms. The standard InChI is InChI=1S/C23H19Cl2N3O2/c1-14-3-2-10-27(13-14)21-20(18-9-6-16(24)11-19(18)25)22(29)28(23(21)30)17-7-4-15(12-26)5-8-17/h4-9,11,14H,2-3,10,13H2,1H3. The highest BCUT2D eigenvalue weighted by Gasteiger charge is 2.43. The molecule has 1 saturated heterocycles. The molecule has 1 atom stereocenters. The molecule has 0 bridgehead atoms. The first-order valence-electron chi connectivity index (χ1n) is 9.74. The number of benzene rings is 2. The van der Waals surface area contributed by atoms with Crippen molar-refractivity contribution < 1.29 is 9.59 Å². The lowest BCUT2D eigenvalue weighted by molar-refractivity contribution is -0.120. The van der Waals surface area contributed by atoms with Crippen LogP contribution in [0.1, 0.15) is 30.9 Å². The highest BCUT2D eigenvalue weighted by Crippen LogP contribution is 2.39. The molecule has 1 unspecified atom stereocenters. The summed E-state index contributed by atoms with van der Waals surface area (Å²) in [7, 11) is 0. The number of likely N-dealkylation sites (tertiary alicyclic amines) is 1. The van der Waals surface area contributed by atoms with E-state index in [4.69, 9.17) is 28.5 Å². The summed E-state index contributed by atoms with van der Waals surface area (Å²) in [6.07, 6.45) is 2.03. The first-order valence-corrected chi connectivity index (χ1v) is 10.5. The van der Waals surface area contributed by atoms with Crippen LogP contribution in [0.4, 0.5) is 5.69 Å². The fourth-order valence-corrected chi connectivity index (χ4v) is 4.56. The summed E-state index contributed by atoms with van der Waals surface area (Å²) >= 11 is 12.5. The molecule has 0 aromatic heterocycles. The van der Waals surface area contributed by atoms with Gasteiger partial charge in [-0.15, -0.1) is 0 Å². The predicted octanol–water partition coefficient (Wildman–Crippen LogP) is 4.88. The van der Waals surface area contributed by atoms with Crippen LogP contribution in [0.5, 0.6) is 0 Å². The lowest BCUT2D eigenvalue weighted by Gasteiger charge is -2.33. The average molecular weight is 440 g/mol. The smallest absolute Gasteiger partial charge is 0.282 e. The highest BCUT2D eigenvalue weighted by atomic mass is 35.5. The molecule has 2 aromatic rings. The van der Waals surface area contributed by atoms with Gasteiger partial charge in [0.15, 0.2) is 0 Å². The van der Waals surface area contributed by atoms with Gasteiger partial charge in [-0.1, -0.05) is 36.2 Å². The third-order valence-electron chi connectivity index (χ3n) is 5.49. The number of anilines is 1. The largest absolute Gasteiger partial charge is 0.366 e. The van der Waals surface area contributed by atoms with E-state index >= 15 is 0 Å². The zero-order valence-corrected chi connectivity index (χ0v) is 17.9. The molecule has 2 heterocycles. The molecule has 2 amide bonds. The molecule has 1 fully saturated rings. The maximum Gasteiger partial charge on any atom is 0.282 e. The van der Waals surface area contributed by atoms with Gasteiger partial charge in [-0.2, -0.15) is 5.26 Å². The Bertz CT molecular complexity index is 1100. The van der Waals surface area contributed by atoms with Crippen molar-refractivity contribution in [1.82, 2.24) is 4.90 Å². The fraction of sp³-hybridized carbons (Fsp3) is 0.261. The van der Waals surface area contributed by atoms with Gasteiger partial charge < -0.3 is 4.90 Å². The van der Waals surface area contributed by atoms with Crippen LogP contribution < -0.4 is 4.90 Å². The summed E-state index contributed by atoms with van der Waals surface area (Å²) < 4.78 is 0. The summed E-state index contributed by atoms with van der Waals surface area (Å²) in [4.78, 5) is 30.2. The Morgan fingerprint density at radius 1 is 1.07 bits per heavy atom. The minimum absolute atomic E-state index is 0.292. The van der Waals surface area contributed by atoms with Crippen molar-refractivity contribution in [2.45, 2.75) is 19.8 Å². The van der Waals surface area contributed by atoms with Crippen LogP contribution in [0.2, 0.25) is 10.0 Å². The maximum atomic E-state index is 13.5. The van der Waals surface area contributed by atoms with Gasteiger partial charge in [0.1, 0.15) is 5.70 Å². The number of nitriles is 1. The average Bonchev–Trinajstić information content (AvgIpc) is 2.98. The second kappa shape index (κ2) is 8.14. The van der Waals surface area contributed by atoms with E-state index in [9.17, 15) is 9.59 Å². The van der Waals surface area contributed by atoms with Crippen molar-refractivity contribution in [2.75, 3.05) is 18.0 Å². The molecule has 2 aliphatic rings. The quantitative estimate of drug-likeness (QED) is 0.639. The van der Waals surface area contributed by atoms with Crippen molar-refractivity contribution in [3.05, 3.63) is 69.3 Å². The molecule has 152 valence electrons. The van der Waals surface area contributed by atoms with Crippen LogP contribution in [-0.4, -0.2) is 29.8 Å². The van der Waals surface area contributed by atoms with Gasteiger partial charge in [0.05, 0.1) is 27.9 Å². The number of amides is 2. The Labute approximate surface area is 185 Å². The maximum absolute atomic E-state index is 13.5. The molecular formula is C23H19Cl2N3O2. The lowest BCUT2D eigenvalue weighted by atomic mass is 9.97. The number of rotatable bonds is 3. The number of hydrogen-bond donors (Lipinski definition) is 0. The van der Waals surface area contributed by atoms with Crippen molar-refractivity contribution in [3.63, 3.8) is 0 Å². The van der Waals surface area contributed by atoms with Gasteiger partial charge in [-0.3, -0.25) is 9.59 Å². The first-order chi connectivity index (χ1) is 14.4. The normalized spacial score (nSPS) is 19.5. The monoisotopic (exact) mass is 439 g/mol. The Morgan fingerprint density at radius 3 is 2.43 bits per heavy atom. The van der Waals surface area contributed by atoms with Crippen LogP contribution in [0.15, 0.2) is 48.2 Å². The summed E-state index contributed by atoms with van der Waals surface area (Å²) in [6, 6.07) is 13.4. The van der Waals surface area contributed by atoms with E-state index < -0.39 is 5.91 Å². The highest BCUT2D eigenvalue weighted by molar-refractivity contribution is 6.47. The Hall–Kier alpha value is -2.81. The van der Waals surface area contributed by atoms with Crippen LogP contribution in [0.3, 0.4) is 0 Å². The molecule has 0 aliphatic carbocycles. The Kier molecular flexibility index (Phi) is 5.55. The summed E-state index contributed by atoms with van der Waals surface area (Å²) in [5.41, 5.74) is 2.03. The van der Waals surface area contributed by atoms with E-state index in [0.717, 1.165) is 17.7 Å². The van der Waals surface area contributed by atoms with Crippen molar-refractivity contribution in [3.8, 4) is 6.07 Å². The van der Waals surface area contributed by atoms with Crippen molar-refractivity contribution in [2.24, 2.45) is 5.92 Å². The van der Waals surface area contributed by atoms with E-state index in [0.29, 0.717) is 57.1 Å².